The minimum Gasteiger partial charge on any atom is -0.496 e. The van der Waals surface area contributed by atoms with Crippen LogP contribution in [0.3, 0.4) is 0 Å². The van der Waals surface area contributed by atoms with E-state index in [4.69, 9.17) is 14.3 Å². The van der Waals surface area contributed by atoms with E-state index in [0.717, 1.165) is 0 Å². The molecule has 7 nitrogen and oxygen atoms in total. The molecule has 1 heterocycles. The molecule has 2 aromatic rings. The number of aliphatic carboxylic acids is 1. The van der Waals surface area contributed by atoms with Crippen LogP contribution >= 0.6 is 0 Å². The van der Waals surface area contributed by atoms with Gasteiger partial charge in [-0.1, -0.05) is 13.3 Å². The summed E-state index contributed by atoms with van der Waals surface area (Å²) < 4.78 is 10.5. The van der Waals surface area contributed by atoms with Gasteiger partial charge in [-0.3, -0.25) is 4.79 Å². The summed E-state index contributed by atoms with van der Waals surface area (Å²) in [7, 11) is 1.52. The molecular weight excluding hydrogens is 326 g/mol. The number of rotatable bonds is 7. The lowest BCUT2D eigenvalue weighted by Crippen LogP contribution is -2.41. The second-order valence-electron chi connectivity index (χ2n) is 5.78. The van der Waals surface area contributed by atoms with Crippen molar-refractivity contribution < 1.29 is 23.8 Å². The van der Waals surface area contributed by atoms with E-state index in [1.54, 1.807) is 19.1 Å². The van der Waals surface area contributed by atoms with E-state index >= 15 is 0 Å². The summed E-state index contributed by atoms with van der Waals surface area (Å²) in [5, 5.41) is 12.2. The van der Waals surface area contributed by atoms with E-state index in [2.05, 4.69) is 5.32 Å². The van der Waals surface area contributed by atoms with Crippen LogP contribution in [-0.2, 0) is 16.0 Å². The lowest BCUT2D eigenvalue weighted by atomic mass is 10.0. The Morgan fingerprint density at radius 1 is 1.36 bits per heavy atom. The van der Waals surface area contributed by atoms with Crippen LogP contribution < -0.4 is 15.7 Å². The van der Waals surface area contributed by atoms with Gasteiger partial charge < -0.3 is 19.6 Å². The Morgan fingerprint density at radius 2 is 2.08 bits per heavy atom. The summed E-state index contributed by atoms with van der Waals surface area (Å²) in [6.07, 6.45) is 0.866. The monoisotopic (exact) mass is 347 g/mol. The van der Waals surface area contributed by atoms with Gasteiger partial charge in [0.05, 0.1) is 13.5 Å². The number of amides is 1. The summed E-state index contributed by atoms with van der Waals surface area (Å²) in [4.78, 5) is 35.2. The first kappa shape index (κ1) is 18.5. The second kappa shape index (κ2) is 7.83. The summed E-state index contributed by atoms with van der Waals surface area (Å²) >= 11 is 0. The van der Waals surface area contributed by atoms with Crippen LogP contribution in [0.15, 0.2) is 27.4 Å². The molecule has 0 spiro atoms. The zero-order chi connectivity index (χ0) is 18.6. The van der Waals surface area contributed by atoms with Gasteiger partial charge in [-0.05, 0) is 31.0 Å². The van der Waals surface area contributed by atoms with Crippen LogP contribution in [0.1, 0.15) is 30.9 Å². The quantitative estimate of drug-likeness (QED) is 0.742. The van der Waals surface area contributed by atoms with Crippen LogP contribution in [0.2, 0.25) is 0 Å². The van der Waals surface area contributed by atoms with Crippen molar-refractivity contribution >= 4 is 22.8 Å². The third-order valence-electron chi connectivity index (χ3n) is 3.98. The van der Waals surface area contributed by atoms with Crippen molar-refractivity contribution in [2.75, 3.05) is 7.11 Å². The molecule has 0 fully saturated rings. The fraction of sp³-hybridized carbons (Fsp3) is 0.389. The molecule has 25 heavy (non-hydrogen) atoms. The molecule has 7 heteroatoms. The maximum atomic E-state index is 12.2. The zero-order valence-electron chi connectivity index (χ0n) is 14.4. The average molecular weight is 347 g/mol. The number of benzene rings is 1. The molecule has 0 radical (unpaired) electrons. The summed E-state index contributed by atoms with van der Waals surface area (Å²) in [5.74, 6) is -0.958. The maximum absolute atomic E-state index is 12.2. The average Bonchev–Trinajstić information content (AvgIpc) is 2.55. The van der Waals surface area contributed by atoms with Crippen LogP contribution in [-0.4, -0.2) is 30.1 Å². The number of hydrogen-bond donors (Lipinski definition) is 2. The Kier molecular flexibility index (Phi) is 5.80. The number of fused-ring (bicyclic) bond motifs is 1. The number of carbonyl (C=O) groups excluding carboxylic acids is 1. The smallest absolute Gasteiger partial charge is 0.336 e. The van der Waals surface area contributed by atoms with Gasteiger partial charge in [0, 0.05) is 17.0 Å². The minimum atomic E-state index is -1.08. The lowest BCUT2D eigenvalue weighted by Gasteiger charge is -2.14. The van der Waals surface area contributed by atoms with Crippen LogP contribution in [0.4, 0.5) is 0 Å². The Labute approximate surface area is 144 Å². The molecule has 0 aliphatic heterocycles. The van der Waals surface area contributed by atoms with E-state index in [0.29, 0.717) is 40.7 Å². The first-order chi connectivity index (χ1) is 11.9. The van der Waals surface area contributed by atoms with Gasteiger partial charge in [-0.15, -0.1) is 0 Å². The molecular formula is C18H21NO6. The van der Waals surface area contributed by atoms with E-state index in [-0.39, 0.29) is 6.42 Å². The molecule has 0 saturated carbocycles. The molecule has 1 amide bonds. The Bertz CT molecular complexity index is 855. The highest BCUT2D eigenvalue weighted by molar-refractivity contribution is 5.91. The molecule has 0 aliphatic rings. The largest absolute Gasteiger partial charge is 0.496 e. The number of aryl methyl sites for hydroxylation is 1. The highest BCUT2D eigenvalue weighted by Crippen LogP contribution is 2.28. The molecule has 134 valence electrons. The van der Waals surface area contributed by atoms with Crippen molar-refractivity contribution in [3.63, 3.8) is 0 Å². The van der Waals surface area contributed by atoms with Gasteiger partial charge in [0.2, 0.25) is 5.91 Å². The van der Waals surface area contributed by atoms with Crippen molar-refractivity contribution in [2.24, 2.45) is 0 Å². The Balaban J connectivity index is 2.35. The number of carboxylic acid groups (broad SMARTS) is 1. The third kappa shape index (κ3) is 4.17. The SMILES string of the molecule is CCCC(NC(=O)Cc1cc(=O)oc2c(C)c(OC)ccc12)C(=O)O. The van der Waals surface area contributed by atoms with Crippen molar-refractivity contribution in [1.29, 1.82) is 0 Å². The van der Waals surface area contributed by atoms with Crippen molar-refractivity contribution in [2.45, 2.75) is 39.2 Å². The highest BCUT2D eigenvalue weighted by atomic mass is 16.5. The lowest BCUT2D eigenvalue weighted by molar-refractivity contribution is -0.141. The Hall–Kier alpha value is -2.83. The maximum Gasteiger partial charge on any atom is 0.336 e. The van der Waals surface area contributed by atoms with E-state index in [9.17, 15) is 14.4 Å². The number of methoxy groups -OCH3 is 1. The molecule has 1 unspecified atom stereocenters. The standard InChI is InChI=1S/C18H21NO6/c1-4-5-13(18(22)23)19-15(20)8-11-9-16(21)25-17-10(2)14(24-3)7-6-12(11)17/h6-7,9,13H,4-5,8H2,1-3H3,(H,19,20)(H,22,23). The number of ether oxygens (including phenoxy) is 1. The third-order valence-corrected chi connectivity index (χ3v) is 3.98. The van der Waals surface area contributed by atoms with Gasteiger partial charge in [0.25, 0.3) is 0 Å². The number of carbonyl (C=O) groups is 2. The molecule has 1 aromatic carbocycles. The number of hydrogen-bond acceptors (Lipinski definition) is 5. The van der Waals surface area contributed by atoms with Gasteiger partial charge in [0.15, 0.2) is 0 Å². The van der Waals surface area contributed by atoms with Crippen LogP contribution in [0.5, 0.6) is 5.75 Å². The zero-order valence-corrected chi connectivity index (χ0v) is 14.4. The Morgan fingerprint density at radius 3 is 2.68 bits per heavy atom. The summed E-state index contributed by atoms with van der Waals surface area (Å²) in [6, 6.07) is 3.76. The molecule has 0 aliphatic carbocycles. The van der Waals surface area contributed by atoms with Gasteiger partial charge in [0.1, 0.15) is 17.4 Å². The number of nitrogens with one attached hydrogen (secondary N) is 1. The van der Waals surface area contributed by atoms with E-state index < -0.39 is 23.5 Å². The molecule has 0 saturated heterocycles. The van der Waals surface area contributed by atoms with Gasteiger partial charge >= 0.3 is 11.6 Å². The molecule has 2 rings (SSSR count). The first-order valence-corrected chi connectivity index (χ1v) is 7.99. The summed E-state index contributed by atoms with van der Waals surface area (Å²) in [6.45, 7) is 3.60. The first-order valence-electron chi connectivity index (χ1n) is 7.99. The minimum absolute atomic E-state index is 0.110. The van der Waals surface area contributed by atoms with Gasteiger partial charge in [-0.2, -0.15) is 0 Å². The van der Waals surface area contributed by atoms with E-state index in [1.165, 1.54) is 13.2 Å². The fourth-order valence-corrected chi connectivity index (χ4v) is 2.74. The van der Waals surface area contributed by atoms with E-state index in [1.807, 2.05) is 6.92 Å². The van der Waals surface area contributed by atoms with Crippen molar-refractivity contribution in [3.8, 4) is 5.75 Å². The van der Waals surface area contributed by atoms with Crippen molar-refractivity contribution in [1.82, 2.24) is 5.32 Å². The highest BCUT2D eigenvalue weighted by Gasteiger charge is 2.20. The normalized spacial score (nSPS) is 12.0. The fourth-order valence-electron chi connectivity index (χ4n) is 2.74. The second-order valence-corrected chi connectivity index (χ2v) is 5.78. The molecule has 1 atom stereocenters. The topological polar surface area (TPSA) is 106 Å². The van der Waals surface area contributed by atoms with Crippen LogP contribution in [0.25, 0.3) is 11.0 Å². The molecule has 2 N–H and O–H groups in total. The van der Waals surface area contributed by atoms with Gasteiger partial charge in [-0.25, -0.2) is 9.59 Å². The van der Waals surface area contributed by atoms with Crippen LogP contribution in [0, 0.1) is 6.92 Å². The predicted molar refractivity (Wildman–Crippen MR) is 92.0 cm³/mol. The molecule has 1 aromatic heterocycles. The molecule has 0 bridgehead atoms. The summed E-state index contributed by atoms with van der Waals surface area (Å²) in [5.41, 5.74) is 0.928. The van der Waals surface area contributed by atoms with Crippen molar-refractivity contribution in [3.05, 3.63) is 39.7 Å². The predicted octanol–water partition coefficient (Wildman–Crippen LogP) is 2.02. The number of carboxylic acids is 1.